The fourth-order valence-electron chi connectivity index (χ4n) is 9.17. The van der Waals surface area contributed by atoms with Gasteiger partial charge in [-0.25, -0.2) is 0 Å². The van der Waals surface area contributed by atoms with Gasteiger partial charge < -0.3 is 9.47 Å². The summed E-state index contributed by atoms with van der Waals surface area (Å²) in [5.41, 5.74) is -0.924. The molecule has 7 heteroatoms. The maximum absolute atomic E-state index is 14.0. The second kappa shape index (κ2) is 5.35. The fourth-order valence-corrected chi connectivity index (χ4v) is 9.17. The molecule has 4 bridgehead atoms. The third-order valence-electron chi connectivity index (χ3n) is 9.93. The summed E-state index contributed by atoms with van der Waals surface area (Å²) >= 11 is 0. The maximum atomic E-state index is 14.0. The number of ketones is 1. The molecule has 0 aromatic rings. The van der Waals surface area contributed by atoms with Gasteiger partial charge >= 0.3 is 24.4 Å². The van der Waals surface area contributed by atoms with Crippen molar-refractivity contribution in [3.8, 4) is 0 Å². The van der Waals surface area contributed by atoms with Gasteiger partial charge in [-0.3, -0.25) is 24.0 Å². The Kier molecular flexibility index (Phi) is 3.28. The smallest absolute Gasteiger partial charge is 0.317 e. The molecule has 6 rings (SSSR count). The molecule has 0 amide bonds. The van der Waals surface area contributed by atoms with Crippen LogP contribution in [0.3, 0.4) is 0 Å². The van der Waals surface area contributed by atoms with Crippen LogP contribution in [0.4, 0.5) is 0 Å². The molecule has 10 atom stereocenters. The lowest BCUT2D eigenvalue weighted by Gasteiger charge is -2.42. The first-order chi connectivity index (χ1) is 13.8. The second-order valence-electron chi connectivity index (χ2n) is 10.5. The van der Waals surface area contributed by atoms with Crippen LogP contribution in [0.25, 0.3) is 0 Å². The molecular weight excluding hydrogens is 376 g/mol. The van der Waals surface area contributed by atoms with E-state index in [0.717, 1.165) is 25.7 Å². The molecule has 0 N–H and O–H groups in total. The third kappa shape index (κ3) is 1.84. The normalized spacial score (nSPS) is 53.9. The number of hydrogen-bond donors (Lipinski definition) is 0. The lowest BCUT2D eigenvalue weighted by atomic mass is 9.58. The van der Waals surface area contributed by atoms with E-state index in [1.807, 2.05) is 6.92 Å². The van der Waals surface area contributed by atoms with Gasteiger partial charge in [-0.1, -0.05) is 6.92 Å². The molecule has 6 aliphatic rings. The van der Waals surface area contributed by atoms with Gasteiger partial charge in [-0.2, -0.15) is 0 Å². The van der Waals surface area contributed by atoms with E-state index in [2.05, 4.69) is 4.74 Å². The Bertz CT molecular complexity index is 876. The van der Waals surface area contributed by atoms with Crippen LogP contribution in [-0.2, 0) is 33.4 Å². The molecule has 0 unspecified atom stereocenters. The number of ether oxygens (including phenoxy) is 2. The highest BCUT2D eigenvalue weighted by atomic mass is 16.6. The minimum absolute atomic E-state index is 0.00432. The van der Waals surface area contributed by atoms with E-state index >= 15 is 0 Å². The molecule has 2 spiro atoms. The number of esters is 3. The molecule has 0 radical (unpaired) electrons. The second-order valence-corrected chi connectivity index (χ2v) is 10.5. The molecule has 1 saturated heterocycles. The van der Waals surface area contributed by atoms with E-state index in [4.69, 9.17) is 4.74 Å². The maximum Gasteiger partial charge on any atom is 0.317 e. The van der Waals surface area contributed by atoms with Crippen LogP contribution in [0.1, 0.15) is 45.4 Å². The average Bonchev–Trinajstić information content (AvgIpc) is 3.47. The summed E-state index contributed by atoms with van der Waals surface area (Å²) in [4.78, 5) is 61.3. The third-order valence-corrected chi connectivity index (χ3v) is 9.93. The fraction of sp³-hybridized carbons (Fsp3) is 0.773. The molecule has 29 heavy (non-hydrogen) atoms. The van der Waals surface area contributed by atoms with Crippen LogP contribution in [0.5, 0.6) is 0 Å². The van der Waals surface area contributed by atoms with Crippen molar-refractivity contribution in [3.05, 3.63) is 0 Å². The van der Waals surface area contributed by atoms with E-state index in [0.29, 0.717) is 12.8 Å². The lowest BCUT2D eigenvalue weighted by Crippen LogP contribution is -2.48. The Labute approximate surface area is 167 Å². The number of Topliss-reactive ketones (excluding diaryl/α,β-unsaturated/α-hetero) is 1. The first kappa shape index (κ1) is 17.8. The zero-order chi connectivity index (χ0) is 20.3. The molecule has 7 nitrogen and oxygen atoms in total. The first-order valence-corrected chi connectivity index (χ1v) is 10.8. The van der Waals surface area contributed by atoms with Gasteiger partial charge in [0.1, 0.15) is 5.78 Å². The topological polar surface area (TPSA) is 104 Å². The quantitative estimate of drug-likeness (QED) is 0.394. The van der Waals surface area contributed by atoms with Crippen molar-refractivity contribution >= 4 is 30.2 Å². The molecule has 0 aromatic heterocycles. The minimum Gasteiger partial charge on any atom is -0.395 e. The Morgan fingerprint density at radius 3 is 2.31 bits per heavy atom. The van der Waals surface area contributed by atoms with E-state index in [-0.39, 0.29) is 53.7 Å². The summed E-state index contributed by atoms with van der Waals surface area (Å²) in [7, 11) is 0. The number of rotatable bonds is 2. The number of hydrogen-bond acceptors (Lipinski definition) is 7. The summed E-state index contributed by atoms with van der Waals surface area (Å²) < 4.78 is 9.57. The van der Waals surface area contributed by atoms with E-state index in [1.165, 1.54) is 0 Å². The van der Waals surface area contributed by atoms with Gasteiger partial charge in [0.2, 0.25) is 0 Å². The Balaban J connectivity index is 1.30. The molecule has 154 valence electrons. The summed E-state index contributed by atoms with van der Waals surface area (Å²) in [6.07, 6.45) is 4.55. The molecule has 5 aliphatic carbocycles. The molecule has 5 saturated carbocycles. The minimum atomic E-state index is -0.502. The van der Waals surface area contributed by atoms with Crippen LogP contribution in [0.15, 0.2) is 0 Å². The highest BCUT2D eigenvalue weighted by molar-refractivity contribution is 6.01. The van der Waals surface area contributed by atoms with Gasteiger partial charge in [0.25, 0.3) is 0 Å². The number of fused-ring (bicyclic) bond motifs is 9. The van der Waals surface area contributed by atoms with Crippen LogP contribution >= 0.6 is 0 Å². The predicted molar refractivity (Wildman–Crippen MR) is 94.4 cm³/mol. The summed E-state index contributed by atoms with van der Waals surface area (Å²) in [6.45, 7) is 2.20. The van der Waals surface area contributed by atoms with Gasteiger partial charge in [0.15, 0.2) is 0 Å². The van der Waals surface area contributed by atoms with Crippen molar-refractivity contribution in [1.82, 2.24) is 0 Å². The molecule has 1 heterocycles. The lowest BCUT2D eigenvalue weighted by molar-refractivity contribution is -0.161. The molecule has 1 aliphatic heterocycles. The summed E-state index contributed by atoms with van der Waals surface area (Å²) in [6, 6.07) is 0. The van der Waals surface area contributed by atoms with Crippen LogP contribution in [0, 0.1) is 58.2 Å². The molecular formula is C22H24O7. The van der Waals surface area contributed by atoms with E-state index in [9.17, 15) is 24.0 Å². The molecule has 6 fully saturated rings. The monoisotopic (exact) mass is 400 g/mol. The van der Waals surface area contributed by atoms with Gasteiger partial charge in [0.05, 0.1) is 17.8 Å². The number of carbonyl (C=O) groups excluding carboxylic acids is 5. The van der Waals surface area contributed by atoms with E-state index < -0.39 is 34.7 Å². The van der Waals surface area contributed by atoms with Crippen LogP contribution in [0.2, 0.25) is 0 Å². The highest BCUT2D eigenvalue weighted by Crippen LogP contribution is 2.74. The number of cyclic esters (lactones) is 2. The summed E-state index contributed by atoms with van der Waals surface area (Å²) in [5.74, 6) is -1.91. The SMILES string of the molecule is C[C@@H]1[C@H](C(=O)OC=O)[C@@H]2C[C@@H]1[C@@]1(CC[C@]3(C[C@@H]4C[C@H]3[C@H]3C(=O)OC(=O)[C@@H]43)C1=O)C2. The Hall–Kier alpha value is -2.05. The van der Waals surface area contributed by atoms with Gasteiger partial charge in [-0.05, 0) is 68.1 Å². The largest absolute Gasteiger partial charge is 0.395 e. The highest BCUT2D eigenvalue weighted by Gasteiger charge is 2.76. The van der Waals surface area contributed by atoms with Crippen molar-refractivity contribution < 1.29 is 33.4 Å². The zero-order valence-electron chi connectivity index (χ0n) is 16.3. The van der Waals surface area contributed by atoms with Gasteiger partial charge in [0, 0.05) is 10.8 Å². The van der Waals surface area contributed by atoms with Crippen LogP contribution < -0.4 is 0 Å². The molecule has 0 aromatic carbocycles. The average molecular weight is 400 g/mol. The first-order valence-electron chi connectivity index (χ1n) is 10.8. The van der Waals surface area contributed by atoms with Crippen molar-refractivity contribution in [3.63, 3.8) is 0 Å². The Morgan fingerprint density at radius 2 is 1.62 bits per heavy atom. The predicted octanol–water partition coefficient (Wildman–Crippen LogP) is 1.67. The van der Waals surface area contributed by atoms with E-state index in [1.54, 1.807) is 0 Å². The number of carbonyl (C=O) groups is 5. The summed E-state index contributed by atoms with van der Waals surface area (Å²) in [5, 5.41) is 0. The van der Waals surface area contributed by atoms with Gasteiger partial charge in [-0.15, -0.1) is 0 Å². The van der Waals surface area contributed by atoms with Crippen molar-refractivity contribution in [2.24, 2.45) is 58.2 Å². The van der Waals surface area contributed by atoms with Crippen molar-refractivity contribution in [2.45, 2.75) is 45.4 Å². The van der Waals surface area contributed by atoms with Crippen molar-refractivity contribution in [2.75, 3.05) is 0 Å². The van der Waals surface area contributed by atoms with Crippen LogP contribution in [-0.4, -0.2) is 30.2 Å². The Morgan fingerprint density at radius 1 is 1.00 bits per heavy atom. The standard InChI is InChI=1S/C22H24O7/c1-9-12-4-10(14(9)17(24)28-8-23)6-21(12)2-3-22(20(21)27)7-11-5-13(22)16-15(11)18(25)29-19(16)26/h8-16H,2-7H2,1H3/t9-,10+,11-,12-,13-,14-,15-,16+,21+,22+/m0/s1. The van der Waals surface area contributed by atoms with Crippen molar-refractivity contribution in [1.29, 1.82) is 0 Å². The zero-order valence-corrected chi connectivity index (χ0v) is 16.3.